The molecule has 4 rings (SSSR count). The molecule has 0 unspecified atom stereocenters. The van der Waals surface area contributed by atoms with Gasteiger partial charge in [-0.15, -0.1) is 0 Å². The number of nitro groups is 1. The van der Waals surface area contributed by atoms with Crippen LogP contribution in [0.5, 0.6) is 17.4 Å². The number of nitrogens with one attached hydrogen (secondary N) is 1. The number of anilines is 1. The van der Waals surface area contributed by atoms with Crippen molar-refractivity contribution in [2.75, 3.05) is 12.4 Å². The lowest BCUT2D eigenvalue weighted by Crippen LogP contribution is -2.02. The standard InChI is InChI=1S/C22H18N4O4/c1-29-16-2-4-17(5-3-16)30-22-12-15(8-11-24-22)13-25-20-6-7-21(26(27)28)19-14-23-10-9-18(19)20/h2-12,14,25H,13H2,1H3. The third-order valence-corrected chi connectivity index (χ3v) is 4.56. The van der Waals surface area contributed by atoms with Gasteiger partial charge in [-0.25, -0.2) is 4.98 Å². The van der Waals surface area contributed by atoms with Crippen molar-refractivity contribution in [3.05, 3.63) is 88.9 Å². The third-order valence-electron chi connectivity index (χ3n) is 4.56. The maximum atomic E-state index is 11.3. The van der Waals surface area contributed by atoms with Crippen molar-refractivity contribution in [1.29, 1.82) is 0 Å². The molecule has 0 amide bonds. The molecule has 4 aromatic rings. The molecule has 0 bridgehead atoms. The highest BCUT2D eigenvalue weighted by atomic mass is 16.6. The maximum absolute atomic E-state index is 11.3. The van der Waals surface area contributed by atoms with Crippen LogP contribution in [0.1, 0.15) is 5.56 Å². The molecule has 2 heterocycles. The lowest BCUT2D eigenvalue weighted by atomic mass is 10.1. The van der Waals surface area contributed by atoms with E-state index in [1.165, 1.54) is 12.3 Å². The van der Waals surface area contributed by atoms with Crippen molar-refractivity contribution >= 4 is 22.1 Å². The highest BCUT2D eigenvalue weighted by Crippen LogP contribution is 2.31. The van der Waals surface area contributed by atoms with Crippen LogP contribution < -0.4 is 14.8 Å². The second kappa shape index (κ2) is 8.44. The van der Waals surface area contributed by atoms with Crippen LogP contribution in [-0.2, 0) is 6.54 Å². The Hall–Kier alpha value is -4.20. The normalized spacial score (nSPS) is 10.6. The number of ether oxygens (including phenoxy) is 2. The van der Waals surface area contributed by atoms with Crippen molar-refractivity contribution in [2.45, 2.75) is 6.54 Å². The molecule has 0 radical (unpaired) electrons. The summed E-state index contributed by atoms with van der Waals surface area (Å²) in [6.45, 7) is 0.497. The highest BCUT2D eigenvalue weighted by Gasteiger charge is 2.14. The molecule has 0 aliphatic carbocycles. The molecular formula is C22H18N4O4. The summed E-state index contributed by atoms with van der Waals surface area (Å²) in [5.41, 5.74) is 1.77. The molecule has 0 aliphatic rings. The van der Waals surface area contributed by atoms with E-state index >= 15 is 0 Å². The third kappa shape index (κ3) is 4.12. The van der Waals surface area contributed by atoms with Crippen LogP contribution in [0.3, 0.4) is 0 Å². The molecule has 150 valence electrons. The first-order valence-corrected chi connectivity index (χ1v) is 9.16. The minimum absolute atomic E-state index is 0.0303. The molecule has 0 spiro atoms. The monoisotopic (exact) mass is 402 g/mol. The Morgan fingerprint density at radius 3 is 2.57 bits per heavy atom. The number of nitro benzene ring substituents is 1. The first-order chi connectivity index (χ1) is 14.6. The van der Waals surface area contributed by atoms with Gasteiger partial charge < -0.3 is 14.8 Å². The van der Waals surface area contributed by atoms with Crippen molar-refractivity contribution in [3.63, 3.8) is 0 Å². The number of hydrogen-bond donors (Lipinski definition) is 1. The highest BCUT2D eigenvalue weighted by molar-refractivity contribution is 5.99. The second-order valence-corrected chi connectivity index (χ2v) is 6.44. The zero-order valence-corrected chi connectivity index (χ0v) is 16.1. The number of benzene rings is 2. The summed E-state index contributed by atoms with van der Waals surface area (Å²) in [5.74, 6) is 1.87. The summed E-state index contributed by atoms with van der Waals surface area (Å²) in [6, 6.07) is 15.9. The van der Waals surface area contributed by atoms with Gasteiger partial charge in [0.2, 0.25) is 5.88 Å². The molecule has 0 saturated heterocycles. The van der Waals surface area contributed by atoms with Gasteiger partial charge in [0.1, 0.15) is 11.5 Å². The van der Waals surface area contributed by atoms with Crippen molar-refractivity contribution in [3.8, 4) is 17.4 Å². The van der Waals surface area contributed by atoms with E-state index < -0.39 is 4.92 Å². The van der Waals surface area contributed by atoms with Gasteiger partial charge in [0, 0.05) is 48.3 Å². The van der Waals surface area contributed by atoms with E-state index in [4.69, 9.17) is 9.47 Å². The maximum Gasteiger partial charge on any atom is 0.278 e. The van der Waals surface area contributed by atoms with Gasteiger partial charge >= 0.3 is 0 Å². The van der Waals surface area contributed by atoms with Gasteiger partial charge in [0.25, 0.3) is 5.69 Å². The smallest absolute Gasteiger partial charge is 0.278 e. The average molecular weight is 402 g/mol. The fourth-order valence-electron chi connectivity index (χ4n) is 3.07. The van der Waals surface area contributed by atoms with Crippen LogP contribution in [0.4, 0.5) is 11.4 Å². The molecule has 0 atom stereocenters. The Kier molecular flexibility index (Phi) is 5.38. The zero-order valence-electron chi connectivity index (χ0n) is 16.1. The Balaban J connectivity index is 1.51. The average Bonchev–Trinajstić information content (AvgIpc) is 2.78. The quantitative estimate of drug-likeness (QED) is 0.345. The summed E-state index contributed by atoms with van der Waals surface area (Å²) in [5, 5.41) is 15.8. The Labute approximate surface area is 172 Å². The summed E-state index contributed by atoms with van der Waals surface area (Å²) >= 11 is 0. The Morgan fingerprint density at radius 1 is 1.00 bits per heavy atom. The summed E-state index contributed by atoms with van der Waals surface area (Å²) in [6.07, 6.45) is 4.80. The molecular weight excluding hydrogens is 384 g/mol. The summed E-state index contributed by atoms with van der Waals surface area (Å²) < 4.78 is 10.9. The van der Waals surface area contributed by atoms with Crippen LogP contribution in [0.25, 0.3) is 10.8 Å². The van der Waals surface area contributed by atoms with Crippen LogP contribution in [-0.4, -0.2) is 22.0 Å². The van der Waals surface area contributed by atoms with Crippen molar-refractivity contribution in [2.24, 2.45) is 0 Å². The fourth-order valence-corrected chi connectivity index (χ4v) is 3.07. The van der Waals surface area contributed by atoms with E-state index in [9.17, 15) is 10.1 Å². The van der Waals surface area contributed by atoms with Gasteiger partial charge in [-0.3, -0.25) is 15.1 Å². The van der Waals surface area contributed by atoms with Gasteiger partial charge in [-0.05, 0) is 48.0 Å². The molecule has 2 aromatic carbocycles. The number of hydrogen-bond acceptors (Lipinski definition) is 7. The van der Waals surface area contributed by atoms with Crippen LogP contribution in [0, 0.1) is 10.1 Å². The first-order valence-electron chi connectivity index (χ1n) is 9.16. The van der Waals surface area contributed by atoms with E-state index in [1.807, 2.05) is 36.4 Å². The molecule has 8 nitrogen and oxygen atoms in total. The molecule has 1 N–H and O–H groups in total. The van der Waals surface area contributed by atoms with Gasteiger partial charge in [-0.1, -0.05) is 0 Å². The number of rotatable bonds is 7. The summed E-state index contributed by atoms with van der Waals surface area (Å²) in [7, 11) is 1.61. The SMILES string of the molecule is COc1ccc(Oc2cc(CNc3ccc([N+](=O)[O-])c4cnccc34)ccn2)cc1. The predicted octanol–water partition coefficient (Wildman–Crippen LogP) is 4.95. The van der Waals surface area contributed by atoms with Crippen LogP contribution in [0.2, 0.25) is 0 Å². The number of nitrogens with zero attached hydrogens (tertiary/aromatic N) is 3. The van der Waals surface area contributed by atoms with Gasteiger partial charge in [0.05, 0.1) is 17.4 Å². The van der Waals surface area contributed by atoms with E-state index in [-0.39, 0.29) is 5.69 Å². The Bertz CT molecular complexity index is 1200. The van der Waals surface area contributed by atoms with E-state index in [0.717, 1.165) is 22.4 Å². The number of aromatic nitrogens is 2. The predicted molar refractivity (Wildman–Crippen MR) is 113 cm³/mol. The van der Waals surface area contributed by atoms with E-state index in [1.54, 1.807) is 31.6 Å². The van der Waals surface area contributed by atoms with E-state index in [2.05, 4.69) is 15.3 Å². The largest absolute Gasteiger partial charge is 0.497 e. The number of methoxy groups -OCH3 is 1. The van der Waals surface area contributed by atoms with Gasteiger partial charge in [-0.2, -0.15) is 0 Å². The van der Waals surface area contributed by atoms with E-state index in [0.29, 0.717) is 23.6 Å². The van der Waals surface area contributed by atoms with Crippen molar-refractivity contribution in [1.82, 2.24) is 9.97 Å². The van der Waals surface area contributed by atoms with Crippen LogP contribution in [0.15, 0.2) is 73.2 Å². The topological polar surface area (TPSA) is 99.4 Å². The molecule has 0 aliphatic heterocycles. The molecule has 0 saturated carbocycles. The second-order valence-electron chi connectivity index (χ2n) is 6.44. The Morgan fingerprint density at radius 2 is 1.80 bits per heavy atom. The first kappa shape index (κ1) is 19.1. The minimum atomic E-state index is -0.403. The number of pyridine rings is 2. The molecule has 0 fully saturated rings. The minimum Gasteiger partial charge on any atom is -0.497 e. The van der Waals surface area contributed by atoms with Crippen molar-refractivity contribution < 1.29 is 14.4 Å². The van der Waals surface area contributed by atoms with Gasteiger partial charge in [0.15, 0.2) is 0 Å². The molecule has 2 aromatic heterocycles. The number of fused-ring (bicyclic) bond motifs is 1. The summed E-state index contributed by atoms with van der Waals surface area (Å²) in [4.78, 5) is 19.1. The number of non-ortho nitro benzene ring substituents is 1. The molecule has 8 heteroatoms. The lowest BCUT2D eigenvalue weighted by molar-refractivity contribution is -0.383. The van der Waals surface area contributed by atoms with Crippen LogP contribution >= 0.6 is 0 Å². The fraction of sp³-hybridized carbons (Fsp3) is 0.0909. The lowest BCUT2D eigenvalue weighted by Gasteiger charge is -2.11. The zero-order chi connectivity index (χ0) is 20.9. The molecule has 30 heavy (non-hydrogen) atoms.